The van der Waals surface area contributed by atoms with E-state index < -0.39 is 0 Å². The second-order valence-corrected chi connectivity index (χ2v) is 8.21. The first-order chi connectivity index (χ1) is 17.9. The number of ether oxygens (including phenoxy) is 4. The number of hydrogen-bond acceptors (Lipinski definition) is 7. The van der Waals surface area contributed by atoms with Crippen LogP contribution in [0.5, 0.6) is 28.7 Å². The molecule has 0 aliphatic heterocycles. The Morgan fingerprint density at radius 1 is 0.892 bits per heavy atom. The van der Waals surface area contributed by atoms with Crippen molar-refractivity contribution >= 4 is 39.8 Å². The molecule has 0 aliphatic rings. The number of carbonyl (C=O) groups is 1. The minimum atomic E-state index is -0.363. The second kappa shape index (κ2) is 11.5. The molecule has 1 aromatic heterocycles. The van der Waals surface area contributed by atoms with Crippen LogP contribution >= 0.6 is 12.2 Å². The van der Waals surface area contributed by atoms with E-state index in [-0.39, 0.29) is 23.3 Å². The first-order valence-corrected chi connectivity index (χ1v) is 11.5. The van der Waals surface area contributed by atoms with E-state index in [1.807, 2.05) is 0 Å². The summed E-state index contributed by atoms with van der Waals surface area (Å²) in [5.74, 6) is 1.95. The van der Waals surface area contributed by atoms with Crippen molar-refractivity contribution < 1.29 is 28.1 Å². The first kappa shape index (κ1) is 25.6. The van der Waals surface area contributed by atoms with Crippen molar-refractivity contribution in [3.05, 3.63) is 78.2 Å². The third kappa shape index (κ3) is 6.22. The number of halogens is 1. The number of anilines is 1. The van der Waals surface area contributed by atoms with Crippen LogP contribution in [0.3, 0.4) is 0 Å². The lowest BCUT2D eigenvalue weighted by atomic mass is 10.1. The number of methoxy groups -OCH3 is 3. The maximum atomic E-state index is 13.1. The molecule has 0 spiro atoms. The zero-order valence-corrected chi connectivity index (χ0v) is 21.1. The number of nitrogens with zero attached hydrogens (tertiary/aromatic N) is 1. The van der Waals surface area contributed by atoms with E-state index in [0.29, 0.717) is 45.5 Å². The Bertz CT molecular complexity index is 1450. The minimum absolute atomic E-state index is 0.0581. The van der Waals surface area contributed by atoms with Crippen LogP contribution in [0.1, 0.15) is 5.56 Å². The fourth-order valence-electron chi connectivity index (χ4n) is 3.61. The summed E-state index contributed by atoms with van der Waals surface area (Å²) >= 11 is 5.27. The topological polar surface area (TPSA) is 90.9 Å². The van der Waals surface area contributed by atoms with E-state index in [0.717, 1.165) is 5.39 Å². The summed E-state index contributed by atoms with van der Waals surface area (Å²) in [5.41, 5.74) is 1.88. The molecule has 10 heteroatoms. The van der Waals surface area contributed by atoms with Gasteiger partial charge in [-0.3, -0.25) is 9.78 Å². The largest absolute Gasteiger partial charge is 0.494 e. The molecular weight excluding hydrogens is 497 g/mol. The molecule has 0 unspecified atom stereocenters. The zero-order chi connectivity index (χ0) is 26.4. The van der Waals surface area contributed by atoms with Crippen LogP contribution < -0.4 is 29.6 Å². The molecule has 0 saturated carbocycles. The first-order valence-electron chi connectivity index (χ1n) is 11.1. The van der Waals surface area contributed by atoms with Crippen LogP contribution in [0, 0.1) is 5.82 Å². The molecule has 37 heavy (non-hydrogen) atoms. The number of pyridine rings is 1. The number of benzene rings is 3. The Morgan fingerprint density at radius 2 is 1.59 bits per heavy atom. The summed E-state index contributed by atoms with van der Waals surface area (Å²) < 4.78 is 35.5. The summed E-state index contributed by atoms with van der Waals surface area (Å²) in [6.45, 7) is 0. The summed E-state index contributed by atoms with van der Waals surface area (Å²) in [6, 6.07) is 16.2. The van der Waals surface area contributed by atoms with Crippen LogP contribution in [0.25, 0.3) is 10.9 Å². The van der Waals surface area contributed by atoms with Crippen LogP contribution in [0.15, 0.2) is 66.9 Å². The number of thiocarbonyl (C=S) groups is 1. The van der Waals surface area contributed by atoms with Crippen LogP contribution in [0.2, 0.25) is 0 Å². The average molecular weight is 522 g/mol. The number of rotatable bonds is 8. The van der Waals surface area contributed by atoms with Gasteiger partial charge in [-0.1, -0.05) is 12.1 Å². The Hall–Kier alpha value is -4.44. The number of aromatic nitrogens is 1. The molecule has 0 aliphatic carbocycles. The molecule has 4 aromatic rings. The van der Waals surface area contributed by atoms with Crippen molar-refractivity contribution in [3.63, 3.8) is 0 Å². The van der Waals surface area contributed by atoms with Crippen molar-refractivity contribution in [2.75, 3.05) is 26.6 Å². The second-order valence-electron chi connectivity index (χ2n) is 7.80. The van der Waals surface area contributed by atoms with Crippen LogP contribution in [-0.2, 0) is 11.2 Å². The maximum Gasteiger partial charge on any atom is 0.230 e. The SMILES string of the molecule is COc1cc(Oc2ccnc3cc(OC)c(OC)cc23)ccc1NC(=S)NC(=O)Cc1ccc(F)cc1. The molecule has 2 N–H and O–H groups in total. The molecule has 0 bridgehead atoms. The lowest BCUT2D eigenvalue weighted by Crippen LogP contribution is -2.35. The fourth-order valence-corrected chi connectivity index (χ4v) is 3.84. The summed E-state index contributed by atoms with van der Waals surface area (Å²) in [4.78, 5) is 16.7. The normalized spacial score (nSPS) is 10.5. The van der Waals surface area contributed by atoms with Gasteiger partial charge < -0.3 is 29.6 Å². The van der Waals surface area contributed by atoms with E-state index in [4.69, 9.17) is 31.2 Å². The summed E-state index contributed by atoms with van der Waals surface area (Å²) in [5, 5.41) is 6.40. The monoisotopic (exact) mass is 521 g/mol. The highest BCUT2D eigenvalue weighted by atomic mass is 32.1. The van der Waals surface area contributed by atoms with Gasteiger partial charge in [-0.2, -0.15) is 0 Å². The average Bonchev–Trinajstić information content (AvgIpc) is 2.90. The number of fused-ring (bicyclic) bond motifs is 1. The molecule has 0 radical (unpaired) electrons. The fraction of sp³-hybridized carbons (Fsp3) is 0.148. The molecule has 0 atom stereocenters. The molecule has 4 rings (SSSR count). The smallest absolute Gasteiger partial charge is 0.230 e. The van der Waals surface area contributed by atoms with E-state index in [1.165, 1.54) is 19.2 Å². The molecule has 190 valence electrons. The Labute approximate surface area is 218 Å². The van der Waals surface area contributed by atoms with E-state index in [1.54, 1.807) is 68.9 Å². The Morgan fingerprint density at radius 3 is 2.30 bits per heavy atom. The number of amides is 1. The van der Waals surface area contributed by atoms with Crippen molar-refractivity contribution in [2.45, 2.75) is 6.42 Å². The van der Waals surface area contributed by atoms with Gasteiger partial charge >= 0.3 is 0 Å². The van der Waals surface area contributed by atoms with Gasteiger partial charge in [0.2, 0.25) is 5.91 Å². The van der Waals surface area contributed by atoms with Crippen LogP contribution in [0.4, 0.5) is 10.1 Å². The van der Waals surface area contributed by atoms with Crippen LogP contribution in [-0.4, -0.2) is 37.3 Å². The third-order valence-corrected chi connectivity index (χ3v) is 5.59. The van der Waals surface area contributed by atoms with Gasteiger partial charge in [-0.15, -0.1) is 0 Å². The Kier molecular flexibility index (Phi) is 7.99. The predicted molar refractivity (Wildman–Crippen MR) is 142 cm³/mol. The zero-order valence-electron chi connectivity index (χ0n) is 20.3. The van der Waals surface area contributed by atoms with E-state index in [2.05, 4.69) is 15.6 Å². The lowest BCUT2D eigenvalue weighted by molar-refractivity contribution is -0.119. The highest BCUT2D eigenvalue weighted by molar-refractivity contribution is 7.80. The standard InChI is InChI=1S/C27H24FN3O5S/c1-33-23-13-18(36-22-10-11-29-21-15-25(35-3)24(34-2)14-19(21)22)8-9-20(23)30-27(37)31-26(32)12-16-4-6-17(28)7-5-16/h4-11,13-15H,12H2,1-3H3,(H2,30,31,32,37). The Balaban J connectivity index is 1.47. The van der Waals surface area contributed by atoms with Crippen molar-refractivity contribution in [2.24, 2.45) is 0 Å². The number of carbonyl (C=O) groups excluding carboxylic acids is 1. The van der Waals surface area contributed by atoms with Crippen molar-refractivity contribution in [1.82, 2.24) is 10.3 Å². The summed E-state index contributed by atoms with van der Waals surface area (Å²) in [7, 11) is 4.64. The maximum absolute atomic E-state index is 13.1. The minimum Gasteiger partial charge on any atom is -0.494 e. The molecule has 8 nitrogen and oxygen atoms in total. The van der Waals surface area contributed by atoms with Gasteiger partial charge in [0, 0.05) is 23.7 Å². The molecule has 1 heterocycles. The summed E-state index contributed by atoms with van der Waals surface area (Å²) in [6.07, 6.45) is 1.70. The highest BCUT2D eigenvalue weighted by Crippen LogP contribution is 2.38. The predicted octanol–water partition coefficient (Wildman–Crippen LogP) is 5.25. The van der Waals surface area contributed by atoms with Gasteiger partial charge in [0.25, 0.3) is 0 Å². The molecular formula is C27H24FN3O5S. The van der Waals surface area contributed by atoms with Gasteiger partial charge in [0.15, 0.2) is 16.6 Å². The van der Waals surface area contributed by atoms with E-state index >= 15 is 0 Å². The van der Waals surface area contributed by atoms with Gasteiger partial charge in [0.1, 0.15) is 23.1 Å². The van der Waals surface area contributed by atoms with Crippen molar-refractivity contribution in [1.29, 1.82) is 0 Å². The molecule has 0 saturated heterocycles. The lowest BCUT2D eigenvalue weighted by Gasteiger charge is -2.15. The van der Waals surface area contributed by atoms with Gasteiger partial charge in [-0.25, -0.2) is 4.39 Å². The highest BCUT2D eigenvalue weighted by Gasteiger charge is 2.14. The number of hydrogen-bond donors (Lipinski definition) is 2. The molecule has 0 fully saturated rings. The third-order valence-electron chi connectivity index (χ3n) is 5.39. The van der Waals surface area contributed by atoms with Gasteiger partial charge in [0.05, 0.1) is 39.0 Å². The molecule has 3 aromatic carbocycles. The quantitative estimate of drug-likeness (QED) is 0.304. The van der Waals surface area contributed by atoms with Gasteiger partial charge in [-0.05, 0) is 54.2 Å². The van der Waals surface area contributed by atoms with Crippen molar-refractivity contribution in [3.8, 4) is 28.7 Å². The van der Waals surface area contributed by atoms with E-state index in [9.17, 15) is 9.18 Å². The molecule has 1 amide bonds. The number of nitrogens with one attached hydrogen (secondary N) is 2.